The van der Waals surface area contributed by atoms with Crippen LogP contribution in [0.3, 0.4) is 0 Å². The molecular weight excluding hydrogens is 450 g/mol. The molecular formula is C22H27N11O2. The van der Waals surface area contributed by atoms with Crippen molar-refractivity contribution < 1.29 is 4.74 Å². The van der Waals surface area contributed by atoms with E-state index in [4.69, 9.17) is 16.3 Å². The lowest BCUT2D eigenvalue weighted by Crippen LogP contribution is -2.26. The van der Waals surface area contributed by atoms with Gasteiger partial charge in [-0.2, -0.15) is 0 Å². The minimum atomic E-state index is -0.240. The van der Waals surface area contributed by atoms with Gasteiger partial charge in [0.15, 0.2) is 17.2 Å². The van der Waals surface area contributed by atoms with Gasteiger partial charge < -0.3 is 21.1 Å². The van der Waals surface area contributed by atoms with E-state index in [-0.39, 0.29) is 11.4 Å². The van der Waals surface area contributed by atoms with E-state index in [0.717, 1.165) is 10.8 Å². The number of methoxy groups -OCH3 is 1. The average molecular weight is 478 g/mol. The van der Waals surface area contributed by atoms with Gasteiger partial charge in [0.1, 0.15) is 22.8 Å². The summed E-state index contributed by atoms with van der Waals surface area (Å²) in [6, 6.07) is 8.88. The Bertz CT molecular complexity index is 1470. The van der Waals surface area contributed by atoms with Crippen LogP contribution in [-0.4, -0.2) is 49.8 Å². The molecule has 0 spiro atoms. The van der Waals surface area contributed by atoms with Gasteiger partial charge in [-0.25, -0.2) is 25.9 Å². The number of nitrogens with one attached hydrogen (secondary N) is 3. The second-order valence-corrected chi connectivity index (χ2v) is 7.89. The fourth-order valence-electron chi connectivity index (χ4n) is 3.72. The van der Waals surface area contributed by atoms with Crippen LogP contribution in [-0.2, 0) is 7.05 Å². The number of nitrogens with two attached hydrogens (primary N) is 2. The van der Waals surface area contributed by atoms with Gasteiger partial charge in [-0.3, -0.25) is 14.6 Å². The molecule has 3 aromatic heterocycles. The molecule has 0 saturated heterocycles. The Hall–Kier alpha value is -4.65. The Morgan fingerprint density at radius 1 is 1.14 bits per heavy atom. The molecule has 13 nitrogen and oxygen atoms in total. The summed E-state index contributed by atoms with van der Waals surface area (Å²) in [6.07, 6.45) is 0. The van der Waals surface area contributed by atoms with E-state index in [1.165, 1.54) is 11.8 Å². The molecule has 182 valence electrons. The van der Waals surface area contributed by atoms with Crippen molar-refractivity contribution in [2.75, 3.05) is 24.8 Å². The standard InChI is InChI=1S/C22H27N11O2/c1-11-9-16(26-12(2)25-11)28-17-10-15(18-21(29-17)31-32(3)22(18)34)27-14-8-6-7-13(19(14)35-5)20(23)30-33(4)24/h6-10H,24H2,1-5H3,(H2,23,30)(H3,25,26,27,28,29,31). The molecule has 0 fully saturated rings. The molecule has 4 aromatic rings. The third-order valence-corrected chi connectivity index (χ3v) is 5.06. The fourth-order valence-corrected chi connectivity index (χ4v) is 3.72. The third kappa shape index (κ3) is 4.84. The van der Waals surface area contributed by atoms with Crippen molar-refractivity contribution in [3.63, 3.8) is 0 Å². The smallest absolute Gasteiger partial charge is 0.277 e. The Balaban J connectivity index is 1.82. The van der Waals surface area contributed by atoms with Crippen molar-refractivity contribution in [2.24, 2.45) is 23.7 Å². The molecule has 0 amide bonds. The van der Waals surface area contributed by atoms with Gasteiger partial charge in [-0.05, 0) is 26.0 Å². The molecule has 0 saturated carbocycles. The largest absolute Gasteiger partial charge is 0.494 e. The van der Waals surface area contributed by atoms with E-state index in [0.29, 0.717) is 51.2 Å². The molecule has 4 rings (SSSR count). The summed E-state index contributed by atoms with van der Waals surface area (Å²) in [6.45, 7) is 3.70. The lowest BCUT2D eigenvalue weighted by atomic mass is 10.1. The number of aromatic nitrogens is 5. The second-order valence-electron chi connectivity index (χ2n) is 7.89. The van der Waals surface area contributed by atoms with Crippen LogP contribution in [0.1, 0.15) is 17.1 Å². The molecule has 0 bridgehead atoms. The lowest BCUT2D eigenvalue weighted by molar-refractivity contribution is 0.371. The molecule has 13 heteroatoms. The number of nitrogens with zero attached hydrogens (tertiary/aromatic N) is 6. The number of pyridine rings is 1. The number of rotatable bonds is 7. The molecule has 0 unspecified atom stereocenters. The predicted octanol–water partition coefficient (Wildman–Crippen LogP) is 1.59. The minimum absolute atomic E-state index is 0.171. The van der Waals surface area contributed by atoms with Crippen molar-refractivity contribution in [3.8, 4) is 5.75 Å². The van der Waals surface area contributed by atoms with Crippen molar-refractivity contribution in [1.82, 2.24) is 29.9 Å². The Kier molecular flexibility index (Phi) is 6.25. The van der Waals surface area contributed by atoms with E-state index in [2.05, 4.69) is 35.8 Å². The number of benzene rings is 1. The molecule has 3 heterocycles. The number of para-hydroxylation sites is 1. The zero-order valence-electron chi connectivity index (χ0n) is 20.0. The van der Waals surface area contributed by atoms with Crippen molar-refractivity contribution in [2.45, 2.75) is 13.8 Å². The van der Waals surface area contributed by atoms with Crippen LogP contribution < -0.4 is 32.5 Å². The summed E-state index contributed by atoms with van der Waals surface area (Å²) < 4.78 is 6.99. The van der Waals surface area contributed by atoms with Gasteiger partial charge in [0.25, 0.3) is 5.56 Å². The first-order valence-corrected chi connectivity index (χ1v) is 10.6. The predicted molar refractivity (Wildman–Crippen MR) is 135 cm³/mol. The molecule has 1 aromatic carbocycles. The molecule has 0 aliphatic carbocycles. The number of anilines is 4. The molecule has 0 aliphatic rings. The van der Waals surface area contributed by atoms with Crippen LogP contribution in [0.4, 0.5) is 23.0 Å². The number of fused-ring (bicyclic) bond motifs is 1. The normalized spacial score (nSPS) is 11.5. The van der Waals surface area contributed by atoms with Gasteiger partial charge in [0.05, 0.1) is 24.0 Å². The summed E-state index contributed by atoms with van der Waals surface area (Å²) in [5, 5.41) is 15.0. The number of aromatic amines is 1. The first kappa shape index (κ1) is 23.5. The second kappa shape index (κ2) is 9.30. The van der Waals surface area contributed by atoms with Gasteiger partial charge in [0, 0.05) is 31.9 Å². The first-order chi connectivity index (χ1) is 16.7. The monoisotopic (exact) mass is 477 g/mol. The highest BCUT2D eigenvalue weighted by Crippen LogP contribution is 2.34. The summed E-state index contributed by atoms with van der Waals surface area (Å²) in [7, 11) is 4.71. The number of hydrazine groups is 1. The zero-order chi connectivity index (χ0) is 25.3. The fraction of sp³-hybridized carbons (Fsp3) is 0.227. The highest BCUT2D eigenvalue weighted by molar-refractivity contribution is 6.02. The van der Waals surface area contributed by atoms with Gasteiger partial charge in [-0.15, -0.1) is 5.10 Å². The maximum absolute atomic E-state index is 12.9. The summed E-state index contributed by atoms with van der Waals surface area (Å²) in [5.74, 6) is 7.90. The Morgan fingerprint density at radius 2 is 1.89 bits per heavy atom. The quantitative estimate of drug-likeness (QED) is 0.114. The number of amidine groups is 1. The molecule has 0 atom stereocenters. The highest BCUT2D eigenvalue weighted by atomic mass is 16.5. The van der Waals surface area contributed by atoms with E-state index in [1.807, 2.05) is 19.9 Å². The number of aryl methyl sites for hydroxylation is 3. The van der Waals surface area contributed by atoms with Crippen molar-refractivity contribution >= 4 is 39.9 Å². The first-order valence-electron chi connectivity index (χ1n) is 10.6. The van der Waals surface area contributed by atoms with Crippen molar-refractivity contribution in [1.29, 1.82) is 0 Å². The average Bonchev–Trinajstić information content (AvgIpc) is 3.05. The summed E-state index contributed by atoms with van der Waals surface area (Å²) in [4.78, 5) is 26.1. The SMILES string of the molecule is COc1c(Nc2cc(Nc3cc(C)nc(C)n3)nc3[nH]n(C)c(=O)c23)cccc1/C(N)=N/N(C)N. The molecule has 35 heavy (non-hydrogen) atoms. The topological polar surface area (TPSA) is 177 Å². The lowest BCUT2D eigenvalue weighted by Gasteiger charge is -2.16. The number of hydrogen-bond donors (Lipinski definition) is 5. The van der Waals surface area contributed by atoms with E-state index in [9.17, 15) is 4.79 Å². The minimum Gasteiger partial charge on any atom is -0.494 e. The zero-order valence-corrected chi connectivity index (χ0v) is 20.0. The van der Waals surface area contributed by atoms with E-state index in [1.54, 1.807) is 38.4 Å². The number of H-pyrrole nitrogens is 1. The van der Waals surface area contributed by atoms with Gasteiger partial charge >= 0.3 is 0 Å². The Morgan fingerprint density at radius 3 is 2.57 bits per heavy atom. The van der Waals surface area contributed by atoms with Crippen molar-refractivity contribution in [3.05, 3.63) is 57.8 Å². The number of hydrogen-bond acceptors (Lipinski definition) is 10. The highest BCUT2D eigenvalue weighted by Gasteiger charge is 2.18. The van der Waals surface area contributed by atoms with Crippen LogP contribution in [0.2, 0.25) is 0 Å². The van der Waals surface area contributed by atoms with Crippen LogP contribution in [0.15, 0.2) is 40.2 Å². The number of hydrazone groups is 1. The maximum atomic E-state index is 12.9. The van der Waals surface area contributed by atoms with Gasteiger partial charge in [-0.1, -0.05) is 6.07 Å². The van der Waals surface area contributed by atoms with Crippen LogP contribution in [0, 0.1) is 13.8 Å². The molecule has 0 aliphatic heterocycles. The van der Waals surface area contributed by atoms with Crippen LogP contribution in [0.5, 0.6) is 5.75 Å². The third-order valence-electron chi connectivity index (χ3n) is 5.06. The number of ether oxygens (including phenoxy) is 1. The van der Waals surface area contributed by atoms with Crippen LogP contribution >= 0.6 is 0 Å². The van der Waals surface area contributed by atoms with Crippen LogP contribution in [0.25, 0.3) is 11.0 Å². The summed E-state index contributed by atoms with van der Waals surface area (Å²) in [5.41, 5.74) is 8.70. The van der Waals surface area contributed by atoms with E-state index >= 15 is 0 Å². The van der Waals surface area contributed by atoms with E-state index < -0.39 is 0 Å². The summed E-state index contributed by atoms with van der Waals surface area (Å²) >= 11 is 0. The molecule has 7 N–H and O–H groups in total. The molecule has 0 radical (unpaired) electrons. The van der Waals surface area contributed by atoms with Gasteiger partial charge in [0.2, 0.25) is 0 Å². The Labute approximate surface area is 200 Å². The maximum Gasteiger partial charge on any atom is 0.277 e.